The molecule has 0 spiro atoms. The van der Waals surface area contributed by atoms with Crippen LogP contribution in [-0.2, 0) is 9.22 Å². The quantitative estimate of drug-likeness (QED) is 0.455. The normalized spacial score (nSPS) is 25.2. The molecule has 0 saturated carbocycles. The van der Waals surface area contributed by atoms with Crippen LogP contribution in [0.15, 0.2) is 0 Å². The second-order valence-corrected chi connectivity index (χ2v) is 11.4. The lowest BCUT2D eigenvalue weighted by molar-refractivity contribution is -0.277. The number of hydrogen-bond donors (Lipinski definition) is 0. The second kappa shape index (κ2) is 8.94. The van der Waals surface area contributed by atoms with Gasteiger partial charge in [0.05, 0.1) is 0 Å². The van der Waals surface area contributed by atoms with E-state index in [1.807, 2.05) is 6.92 Å². The van der Waals surface area contributed by atoms with Crippen LogP contribution in [-0.4, -0.2) is 50.8 Å². The summed E-state index contributed by atoms with van der Waals surface area (Å²) in [6.45, 7) is 5.77. The van der Waals surface area contributed by atoms with Crippen molar-refractivity contribution >= 4 is 14.2 Å². The first-order chi connectivity index (χ1) is 11.8. The van der Waals surface area contributed by atoms with E-state index in [-0.39, 0.29) is 18.3 Å². The van der Waals surface area contributed by atoms with Gasteiger partial charge in [-0.05, 0) is 24.9 Å². The van der Waals surface area contributed by atoms with Crippen LogP contribution in [0.25, 0.3) is 0 Å². The molecule has 0 aromatic heterocycles. The summed E-state index contributed by atoms with van der Waals surface area (Å²) in [5, 5.41) is 0. The summed E-state index contributed by atoms with van der Waals surface area (Å²) in [5.74, 6) is -5.89. The van der Waals surface area contributed by atoms with Gasteiger partial charge in [0.1, 0.15) is 0 Å². The number of carbonyl (C=O) groups excluding carboxylic acids is 1. The number of alkyl halides is 6. The van der Waals surface area contributed by atoms with Crippen molar-refractivity contribution in [3.8, 4) is 0 Å². The number of unbranched alkanes of at least 4 members (excludes halogenated alkanes) is 1. The van der Waals surface area contributed by atoms with Crippen molar-refractivity contribution in [3.05, 3.63) is 0 Å². The van der Waals surface area contributed by atoms with E-state index in [1.54, 1.807) is 13.5 Å². The zero-order valence-corrected chi connectivity index (χ0v) is 16.3. The highest BCUT2D eigenvalue weighted by Gasteiger charge is 2.62. The molecule has 1 rings (SSSR count). The first kappa shape index (κ1) is 23.3. The minimum Gasteiger partial charge on any atom is -0.415 e. The summed E-state index contributed by atoms with van der Waals surface area (Å²) in [6, 6.07) is 0. The highest BCUT2D eigenvalue weighted by Crippen LogP contribution is 2.41. The van der Waals surface area contributed by atoms with E-state index in [1.165, 1.54) is 0 Å². The molecule has 0 aromatic rings. The molecule has 0 aliphatic carbocycles. The van der Waals surface area contributed by atoms with Gasteiger partial charge in [-0.1, -0.05) is 33.1 Å². The number of amides is 1. The van der Waals surface area contributed by atoms with Crippen LogP contribution >= 0.6 is 0 Å². The first-order valence-electron chi connectivity index (χ1n) is 8.89. The van der Waals surface area contributed by atoms with Gasteiger partial charge in [-0.2, -0.15) is 26.3 Å². The molecule has 154 valence electrons. The predicted octanol–water partition coefficient (Wildman–Crippen LogP) is 5.06. The van der Waals surface area contributed by atoms with E-state index in [2.05, 4.69) is 0 Å². The molecular weight excluding hydrogens is 380 g/mol. The largest absolute Gasteiger partial charge is 0.415 e. The van der Waals surface area contributed by atoms with Crippen LogP contribution in [0.1, 0.15) is 46.0 Å². The maximum atomic E-state index is 13.0. The summed E-state index contributed by atoms with van der Waals surface area (Å²) in [6.07, 6.45) is -8.06. The SMILES string of the molecule is CCCCN(C[Si]1(C)OCCCCC1C)C(=O)C(C(F)(F)F)C(F)(F)F. The number of carbonyl (C=O) groups is 1. The third kappa shape index (κ3) is 6.14. The Labute approximate surface area is 151 Å². The van der Waals surface area contributed by atoms with E-state index < -0.39 is 32.5 Å². The number of rotatable bonds is 6. The Morgan fingerprint density at radius 2 is 1.77 bits per heavy atom. The maximum absolute atomic E-state index is 13.0. The van der Waals surface area contributed by atoms with Crippen LogP contribution in [0.3, 0.4) is 0 Å². The Kier molecular flexibility index (Phi) is 8.00. The molecule has 1 amide bonds. The van der Waals surface area contributed by atoms with Crippen LogP contribution in [0.5, 0.6) is 0 Å². The Bertz CT molecular complexity index is 457. The highest BCUT2D eigenvalue weighted by molar-refractivity contribution is 6.74. The van der Waals surface area contributed by atoms with E-state index in [0.717, 1.165) is 24.2 Å². The van der Waals surface area contributed by atoms with E-state index in [4.69, 9.17) is 4.43 Å². The fourth-order valence-electron chi connectivity index (χ4n) is 3.15. The fraction of sp³-hybridized carbons (Fsp3) is 0.938. The van der Waals surface area contributed by atoms with E-state index in [0.29, 0.717) is 19.4 Å². The molecule has 1 heterocycles. The Morgan fingerprint density at radius 1 is 1.19 bits per heavy atom. The predicted molar refractivity (Wildman–Crippen MR) is 87.9 cm³/mol. The fourth-order valence-corrected chi connectivity index (χ4v) is 6.34. The molecule has 0 bridgehead atoms. The topological polar surface area (TPSA) is 29.5 Å². The van der Waals surface area contributed by atoms with Crippen molar-refractivity contribution in [2.45, 2.75) is 70.4 Å². The standard InChI is InChI=1S/C16H27F6NO2Si/c1-4-5-9-23(11-26(3)12(2)8-6-7-10-25-26)14(24)13(15(17,18)19)16(20,21)22/h12-13H,4-11H2,1-3H3. The summed E-state index contributed by atoms with van der Waals surface area (Å²) < 4.78 is 83.8. The molecule has 0 N–H and O–H groups in total. The first-order valence-corrected chi connectivity index (χ1v) is 11.6. The van der Waals surface area contributed by atoms with Gasteiger partial charge in [0.2, 0.25) is 20.1 Å². The summed E-state index contributed by atoms with van der Waals surface area (Å²) in [7, 11) is -2.66. The van der Waals surface area contributed by atoms with Gasteiger partial charge in [0, 0.05) is 19.3 Å². The Morgan fingerprint density at radius 3 is 2.27 bits per heavy atom. The maximum Gasteiger partial charge on any atom is 0.409 e. The molecule has 3 nitrogen and oxygen atoms in total. The number of nitrogens with zero attached hydrogens (tertiary/aromatic N) is 1. The van der Waals surface area contributed by atoms with Crippen LogP contribution < -0.4 is 0 Å². The van der Waals surface area contributed by atoms with Gasteiger partial charge in [0.15, 0.2) is 0 Å². The molecule has 1 saturated heterocycles. The summed E-state index contributed by atoms with van der Waals surface area (Å²) >= 11 is 0. The van der Waals surface area contributed by atoms with Gasteiger partial charge < -0.3 is 9.33 Å². The molecule has 1 aliphatic heterocycles. The van der Waals surface area contributed by atoms with Gasteiger partial charge >= 0.3 is 12.4 Å². The summed E-state index contributed by atoms with van der Waals surface area (Å²) in [4.78, 5) is 13.1. The van der Waals surface area contributed by atoms with E-state index in [9.17, 15) is 31.1 Å². The molecule has 2 unspecified atom stereocenters. The molecule has 1 fully saturated rings. The van der Waals surface area contributed by atoms with Crippen molar-refractivity contribution in [1.82, 2.24) is 4.90 Å². The molecule has 2 atom stereocenters. The molecular formula is C16H27F6NO2Si. The van der Waals surface area contributed by atoms with Crippen molar-refractivity contribution in [2.24, 2.45) is 5.92 Å². The molecule has 26 heavy (non-hydrogen) atoms. The lowest BCUT2D eigenvalue weighted by Gasteiger charge is -2.38. The third-order valence-electron chi connectivity index (χ3n) is 5.01. The van der Waals surface area contributed by atoms with Gasteiger partial charge in [-0.3, -0.25) is 4.79 Å². The van der Waals surface area contributed by atoms with E-state index >= 15 is 0 Å². The van der Waals surface area contributed by atoms with Crippen LogP contribution in [0, 0.1) is 5.92 Å². The smallest absolute Gasteiger partial charge is 0.409 e. The van der Waals surface area contributed by atoms with Gasteiger partial charge in [-0.25, -0.2) is 0 Å². The monoisotopic (exact) mass is 407 g/mol. The third-order valence-corrected chi connectivity index (χ3v) is 9.25. The van der Waals surface area contributed by atoms with Gasteiger partial charge in [-0.15, -0.1) is 0 Å². The van der Waals surface area contributed by atoms with Gasteiger partial charge in [0.25, 0.3) is 0 Å². The minimum absolute atomic E-state index is 0.0529. The average Bonchev–Trinajstić information content (AvgIpc) is 2.63. The molecule has 0 radical (unpaired) electrons. The minimum atomic E-state index is -5.67. The Hall–Kier alpha value is -0.773. The van der Waals surface area contributed by atoms with Crippen LogP contribution in [0.2, 0.25) is 12.1 Å². The zero-order chi connectivity index (χ0) is 20.2. The molecule has 1 aliphatic rings. The molecule has 10 heteroatoms. The van der Waals surface area contributed by atoms with Crippen molar-refractivity contribution in [1.29, 1.82) is 0 Å². The van der Waals surface area contributed by atoms with Crippen molar-refractivity contribution in [3.63, 3.8) is 0 Å². The lowest BCUT2D eigenvalue weighted by atomic mass is 10.1. The molecule has 0 aromatic carbocycles. The zero-order valence-electron chi connectivity index (χ0n) is 15.3. The lowest BCUT2D eigenvalue weighted by Crippen LogP contribution is -2.56. The summed E-state index contributed by atoms with van der Waals surface area (Å²) in [5.41, 5.74) is 0.0529. The second-order valence-electron chi connectivity index (χ2n) is 7.19. The highest BCUT2D eigenvalue weighted by atomic mass is 28.4. The Balaban J connectivity index is 3.12. The number of halogens is 6. The van der Waals surface area contributed by atoms with Crippen molar-refractivity contribution in [2.75, 3.05) is 19.3 Å². The average molecular weight is 407 g/mol. The number of hydrogen-bond acceptors (Lipinski definition) is 2. The van der Waals surface area contributed by atoms with Crippen LogP contribution in [0.4, 0.5) is 26.3 Å². The van der Waals surface area contributed by atoms with Crippen molar-refractivity contribution < 1.29 is 35.6 Å².